The molecule has 4 rings (SSSR count). The number of carbonyl (C=O) groups is 1. The minimum Gasteiger partial charge on any atom is -0.497 e. The molecule has 8 heteroatoms. The summed E-state index contributed by atoms with van der Waals surface area (Å²) in [5, 5.41) is 12.3. The third kappa shape index (κ3) is 6.86. The number of carbonyl (C=O) groups excluding carboxylic acids is 1. The first kappa shape index (κ1) is 26.2. The van der Waals surface area contributed by atoms with Crippen molar-refractivity contribution in [2.24, 2.45) is 0 Å². The second-order valence-electron chi connectivity index (χ2n) is 8.67. The molecule has 3 aromatic carbocycles. The lowest BCUT2D eigenvalue weighted by molar-refractivity contribution is -0.115. The summed E-state index contributed by atoms with van der Waals surface area (Å²) >= 11 is 1.40. The fraction of sp³-hybridized carbons (Fsp3) is 0.241. The molecule has 0 saturated heterocycles. The number of thioether (sulfide) groups is 1. The number of amides is 1. The first-order chi connectivity index (χ1) is 18.0. The molecule has 0 radical (unpaired) electrons. The smallest absolute Gasteiger partial charge is 0.225 e. The molecule has 0 aliphatic heterocycles. The van der Waals surface area contributed by atoms with Crippen LogP contribution in [0.15, 0.2) is 78.0 Å². The summed E-state index contributed by atoms with van der Waals surface area (Å²) in [5.41, 5.74) is 5.18. The topological polar surface area (TPSA) is 86.2 Å². The number of nitrogens with zero attached hydrogens (tertiary/aromatic N) is 3. The molecule has 37 heavy (non-hydrogen) atoms. The molecule has 0 spiro atoms. The summed E-state index contributed by atoms with van der Waals surface area (Å²) in [6.07, 6.45) is 0.331. The lowest BCUT2D eigenvalue weighted by Gasteiger charge is -2.11. The molecular weight excluding hydrogens is 484 g/mol. The number of anilines is 1. The van der Waals surface area contributed by atoms with E-state index in [1.165, 1.54) is 17.3 Å². The highest BCUT2D eigenvalue weighted by Crippen LogP contribution is 2.32. The van der Waals surface area contributed by atoms with Crippen molar-refractivity contribution >= 4 is 23.4 Å². The number of benzene rings is 3. The van der Waals surface area contributed by atoms with Gasteiger partial charge in [-0.25, -0.2) is 4.98 Å². The molecule has 0 unspecified atom stereocenters. The number of hydrogen-bond acceptors (Lipinski definition) is 7. The largest absolute Gasteiger partial charge is 0.497 e. The van der Waals surface area contributed by atoms with Gasteiger partial charge in [0.15, 0.2) is 0 Å². The van der Waals surface area contributed by atoms with Gasteiger partial charge in [0.05, 0.1) is 14.2 Å². The molecule has 4 aromatic rings. The molecule has 0 aliphatic rings. The molecule has 0 atom stereocenters. The van der Waals surface area contributed by atoms with Crippen LogP contribution in [0.3, 0.4) is 0 Å². The quantitative estimate of drug-likeness (QED) is 0.243. The zero-order valence-corrected chi connectivity index (χ0v) is 22.2. The molecule has 190 valence electrons. The average Bonchev–Trinajstić information content (AvgIpc) is 2.93. The van der Waals surface area contributed by atoms with Crippen LogP contribution >= 0.6 is 11.8 Å². The maximum absolute atomic E-state index is 12.5. The molecule has 1 amide bonds. The van der Waals surface area contributed by atoms with Gasteiger partial charge >= 0.3 is 0 Å². The molecule has 7 nitrogen and oxygen atoms in total. The van der Waals surface area contributed by atoms with Crippen molar-refractivity contribution in [3.05, 3.63) is 78.4 Å². The van der Waals surface area contributed by atoms with Gasteiger partial charge in [0, 0.05) is 29.0 Å². The monoisotopic (exact) mass is 514 g/mol. The minimum absolute atomic E-state index is 0.0528. The first-order valence-corrected chi connectivity index (χ1v) is 13.0. The third-order valence-electron chi connectivity index (χ3n) is 5.82. The number of methoxy groups -OCH3 is 2. The summed E-state index contributed by atoms with van der Waals surface area (Å²) in [5.74, 6) is 2.45. The van der Waals surface area contributed by atoms with Crippen LogP contribution in [-0.2, 0) is 4.79 Å². The van der Waals surface area contributed by atoms with Crippen LogP contribution in [0.5, 0.6) is 11.5 Å². The maximum Gasteiger partial charge on any atom is 0.225 e. The van der Waals surface area contributed by atoms with Crippen molar-refractivity contribution in [2.45, 2.75) is 31.3 Å². The molecular formula is C29H30N4O3S. The Kier molecular flexibility index (Phi) is 8.74. The summed E-state index contributed by atoms with van der Waals surface area (Å²) in [6.45, 7) is 4.29. The van der Waals surface area contributed by atoms with E-state index in [-0.39, 0.29) is 5.91 Å². The molecule has 0 saturated carbocycles. The van der Waals surface area contributed by atoms with Crippen LogP contribution in [0.2, 0.25) is 0 Å². The van der Waals surface area contributed by atoms with E-state index >= 15 is 0 Å². The normalized spacial score (nSPS) is 10.8. The Bertz CT molecular complexity index is 1330. The zero-order chi connectivity index (χ0) is 26.2. The second-order valence-corrected chi connectivity index (χ2v) is 9.73. The Balaban J connectivity index is 1.47. The summed E-state index contributed by atoms with van der Waals surface area (Å²) < 4.78 is 10.6. The predicted molar refractivity (Wildman–Crippen MR) is 148 cm³/mol. The molecule has 0 bridgehead atoms. The summed E-state index contributed by atoms with van der Waals surface area (Å²) in [4.78, 5) is 17.3. The van der Waals surface area contributed by atoms with Crippen LogP contribution in [0, 0.1) is 0 Å². The van der Waals surface area contributed by atoms with Gasteiger partial charge < -0.3 is 14.8 Å². The van der Waals surface area contributed by atoms with E-state index in [9.17, 15) is 4.79 Å². The van der Waals surface area contributed by atoms with E-state index in [0.717, 1.165) is 28.3 Å². The van der Waals surface area contributed by atoms with Crippen molar-refractivity contribution in [1.29, 1.82) is 0 Å². The van der Waals surface area contributed by atoms with E-state index in [0.29, 0.717) is 34.6 Å². The lowest BCUT2D eigenvalue weighted by atomic mass is 10.0. The van der Waals surface area contributed by atoms with Gasteiger partial charge in [0.2, 0.25) is 11.1 Å². The van der Waals surface area contributed by atoms with E-state index < -0.39 is 0 Å². The van der Waals surface area contributed by atoms with E-state index in [1.54, 1.807) is 14.2 Å². The molecule has 1 heterocycles. The Hall–Kier alpha value is -3.91. The summed E-state index contributed by atoms with van der Waals surface area (Å²) in [7, 11) is 3.27. The fourth-order valence-corrected chi connectivity index (χ4v) is 4.40. The van der Waals surface area contributed by atoms with Crippen molar-refractivity contribution in [1.82, 2.24) is 15.2 Å². The van der Waals surface area contributed by atoms with Gasteiger partial charge in [-0.2, -0.15) is 0 Å². The summed E-state index contributed by atoms with van der Waals surface area (Å²) in [6, 6.07) is 23.3. The Labute approximate surface area is 221 Å². The highest BCUT2D eigenvalue weighted by atomic mass is 32.2. The Morgan fingerprint density at radius 1 is 0.811 bits per heavy atom. The van der Waals surface area contributed by atoms with Gasteiger partial charge in [-0.1, -0.05) is 37.7 Å². The number of nitrogens with one attached hydrogen (secondary N) is 1. The van der Waals surface area contributed by atoms with Crippen molar-refractivity contribution < 1.29 is 14.3 Å². The van der Waals surface area contributed by atoms with Gasteiger partial charge in [0.1, 0.15) is 22.9 Å². The van der Waals surface area contributed by atoms with Gasteiger partial charge in [-0.05, 0) is 72.1 Å². The lowest BCUT2D eigenvalue weighted by Crippen LogP contribution is -2.12. The highest BCUT2D eigenvalue weighted by Gasteiger charge is 2.15. The number of aromatic nitrogens is 3. The van der Waals surface area contributed by atoms with Crippen molar-refractivity contribution in [3.8, 4) is 34.0 Å². The number of hydrogen-bond donors (Lipinski definition) is 1. The maximum atomic E-state index is 12.5. The molecule has 1 N–H and O–H groups in total. The van der Waals surface area contributed by atoms with Crippen LogP contribution < -0.4 is 14.8 Å². The standard InChI is InChI=1S/C29H30N4O3S/c1-19(2)20-5-11-23(12-6-20)30-26(34)17-18-37-29-31-27(21-7-13-24(35-3)14-8-21)28(32-33-29)22-9-15-25(36-4)16-10-22/h5-16,19H,17-18H2,1-4H3,(H,30,34). The highest BCUT2D eigenvalue weighted by molar-refractivity contribution is 7.99. The Morgan fingerprint density at radius 2 is 1.38 bits per heavy atom. The zero-order valence-electron chi connectivity index (χ0n) is 21.4. The number of ether oxygens (including phenoxy) is 2. The van der Waals surface area contributed by atoms with E-state index in [1.807, 2.05) is 72.8 Å². The molecule has 0 fully saturated rings. The Morgan fingerprint density at radius 3 is 1.92 bits per heavy atom. The number of rotatable bonds is 10. The molecule has 1 aromatic heterocycles. The van der Waals surface area contributed by atoms with Crippen molar-refractivity contribution in [2.75, 3.05) is 25.3 Å². The third-order valence-corrected chi connectivity index (χ3v) is 6.65. The van der Waals surface area contributed by atoms with E-state index in [4.69, 9.17) is 14.5 Å². The fourth-order valence-electron chi connectivity index (χ4n) is 3.68. The second kappa shape index (κ2) is 12.4. The van der Waals surface area contributed by atoms with Gasteiger partial charge in [-0.15, -0.1) is 10.2 Å². The van der Waals surface area contributed by atoms with Gasteiger partial charge in [-0.3, -0.25) is 4.79 Å². The van der Waals surface area contributed by atoms with Crippen LogP contribution in [0.25, 0.3) is 22.5 Å². The first-order valence-electron chi connectivity index (χ1n) is 12.0. The minimum atomic E-state index is -0.0528. The SMILES string of the molecule is COc1ccc(-c2nnc(SCCC(=O)Nc3ccc(C(C)C)cc3)nc2-c2ccc(OC)cc2)cc1. The van der Waals surface area contributed by atoms with Crippen molar-refractivity contribution in [3.63, 3.8) is 0 Å². The van der Waals surface area contributed by atoms with Crippen LogP contribution in [0.1, 0.15) is 31.7 Å². The van der Waals surface area contributed by atoms with Gasteiger partial charge in [0.25, 0.3) is 0 Å². The molecule has 0 aliphatic carbocycles. The van der Waals surface area contributed by atoms with Crippen LogP contribution in [0.4, 0.5) is 5.69 Å². The van der Waals surface area contributed by atoms with E-state index in [2.05, 4.69) is 29.4 Å². The van der Waals surface area contributed by atoms with Crippen LogP contribution in [-0.4, -0.2) is 41.1 Å². The average molecular weight is 515 g/mol. The predicted octanol–water partition coefficient (Wildman–Crippen LogP) is 6.47.